The van der Waals surface area contributed by atoms with Crippen LogP contribution in [0, 0.1) is 11.6 Å². The van der Waals surface area contributed by atoms with Gasteiger partial charge in [-0.1, -0.05) is 30.3 Å². The normalized spacial score (nSPS) is 14.3. The topological polar surface area (TPSA) is 75.1 Å². The SMILES string of the molecule is O=C1NCc2nc(-c3c(F)cccc3F)nc(Cc3ccc(C(O)C(F)(F)F)cc3)c21. The van der Waals surface area contributed by atoms with Gasteiger partial charge in [0.05, 0.1) is 29.1 Å². The summed E-state index contributed by atoms with van der Waals surface area (Å²) in [5.74, 6) is -2.41. The van der Waals surface area contributed by atoms with Gasteiger partial charge in [-0.25, -0.2) is 18.7 Å². The van der Waals surface area contributed by atoms with E-state index in [1.165, 1.54) is 18.2 Å². The third-order valence-electron chi connectivity index (χ3n) is 4.87. The molecule has 2 heterocycles. The van der Waals surface area contributed by atoms with Crippen LogP contribution in [-0.4, -0.2) is 27.2 Å². The monoisotopic (exact) mass is 435 g/mol. The number of aliphatic hydroxyl groups excluding tert-OH is 1. The molecule has 1 unspecified atom stereocenters. The minimum atomic E-state index is -4.80. The van der Waals surface area contributed by atoms with E-state index in [4.69, 9.17) is 0 Å². The summed E-state index contributed by atoms with van der Waals surface area (Å²) in [4.78, 5) is 20.5. The Kier molecular flexibility index (Phi) is 5.18. The number of carbonyl (C=O) groups is 1. The van der Waals surface area contributed by atoms with Crippen molar-refractivity contribution in [2.45, 2.75) is 25.2 Å². The minimum absolute atomic E-state index is 0.00371. The third-order valence-corrected chi connectivity index (χ3v) is 4.87. The third kappa shape index (κ3) is 3.98. The van der Waals surface area contributed by atoms with Crippen molar-refractivity contribution in [3.63, 3.8) is 0 Å². The second kappa shape index (κ2) is 7.69. The van der Waals surface area contributed by atoms with Crippen molar-refractivity contribution in [1.82, 2.24) is 15.3 Å². The Hall–Kier alpha value is -3.40. The molecule has 1 aliphatic heterocycles. The molecule has 160 valence electrons. The van der Waals surface area contributed by atoms with Gasteiger partial charge in [-0.2, -0.15) is 13.2 Å². The number of carbonyl (C=O) groups excluding carboxylic acids is 1. The molecule has 0 bridgehead atoms. The van der Waals surface area contributed by atoms with Crippen molar-refractivity contribution in [1.29, 1.82) is 0 Å². The molecule has 0 radical (unpaired) electrons. The van der Waals surface area contributed by atoms with Crippen molar-refractivity contribution in [2.75, 3.05) is 0 Å². The van der Waals surface area contributed by atoms with Crippen LogP contribution in [0.2, 0.25) is 0 Å². The van der Waals surface area contributed by atoms with E-state index in [1.54, 1.807) is 0 Å². The van der Waals surface area contributed by atoms with E-state index in [1.807, 2.05) is 0 Å². The Morgan fingerprint density at radius 3 is 2.26 bits per heavy atom. The first-order valence-corrected chi connectivity index (χ1v) is 9.11. The van der Waals surface area contributed by atoms with Gasteiger partial charge in [0.25, 0.3) is 5.91 Å². The van der Waals surface area contributed by atoms with Crippen molar-refractivity contribution >= 4 is 5.91 Å². The largest absolute Gasteiger partial charge is 0.418 e. The molecule has 3 aromatic rings. The number of nitrogens with one attached hydrogen (secondary N) is 1. The lowest BCUT2D eigenvalue weighted by molar-refractivity contribution is -0.206. The van der Waals surface area contributed by atoms with Gasteiger partial charge in [-0.05, 0) is 23.3 Å². The van der Waals surface area contributed by atoms with Crippen LogP contribution in [0.1, 0.15) is 39.0 Å². The van der Waals surface area contributed by atoms with E-state index < -0.39 is 35.4 Å². The van der Waals surface area contributed by atoms with E-state index >= 15 is 0 Å². The van der Waals surface area contributed by atoms with Crippen LogP contribution in [0.4, 0.5) is 22.0 Å². The summed E-state index contributed by atoms with van der Waals surface area (Å²) in [6.45, 7) is 0.0590. The molecule has 5 nitrogen and oxygen atoms in total. The van der Waals surface area contributed by atoms with Gasteiger partial charge in [0.15, 0.2) is 11.9 Å². The summed E-state index contributed by atoms with van der Waals surface area (Å²) in [5.41, 5.74) is 0.336. The molecular formula is C21H14F5N3O2. The highest BCUT2D eigenvalue weighted by Gasteiger charge is 2.39. The maximum atomic E-state index is 14.2. The maximum absolute atomic E-state index is 14.2. The molecule has 0 aliphatic carbocycles. The number of amides is 1. The molecule has 1 aliphatic rings. The predicted molar refractivity (Wildman–Crippen MR) is 98.8 cm³/mol. The van der Waals surface area contributed by atoms with Crippen molar-refractivity contribution in [3.05, 3.63) is 82.2 Å². The lowest BCUT2D eigenvalue weighted by atomic mass is 10.0. The fourth-order valence-corrected chi connectivity index (χ4v) is 3.35. The highest BCUT2D eigenvalue weighted by molar-refractivity contribution is 5.99. The zero-order chi connectivity index (χ0) is 22.3. The van der Waals surface area contributed by atoms with Gasteiger partial charge in [0.1, 0.15) is 11.6 Å². The van der Waals surface area contributed by atoms with Gasteiger partial charge in [-0.15, -0.1) is 0 Å². The van der Waals surface area contributed by atoms with Crippen molar-refractivity contribution < 1.29 is 31.9 Å². The van der Waals surface area contributed by atoms with Crippen molar-refractivity contribution in [3.8, 4) is 11.4 Å². The molecule has 10 heteroatoms. The van der Waals surface area contributed by atoms with Crippen LogP contribution in [0.5, 0.6) is 0 Å². The molecule has 1 amide bonds. The molecule has 2 N–H and O–H groups in total. The predicted octanol–water partition coefficient (Wildman–Crippen LogP) is 3.85. The number of hydrogen-bond acceptors (Lipinski definition) is 4. The Balaban J connectivity index is 1.73. The smallest absolute Gasteiger partial charge is 0.379 e. The molecule has 31 heavy (non-hydrogen) atoms. The number of fused-ring (bicyclic) bond motifs is 1. The van der Waals surface area contributed by atoms with Crippen LogP contribution in [0.15, 0.2) is 42.5 Å². The minimum Gasteiger partial charge on any atom is -0.379 e. The first-order valence-electron chi connectivity index (χ1n) is 9.11. The Morgan fingerprint density at radius 1 is 1.00 bits per heavy atom. The van der Waals surface area contributed by atoms with E-state index in [0.717, 1.165) is 24.3 Å². The van der Waals surface area contributed by atoms with Gasteiger partial charge in [-0.3, -0.25) is 4.79 Å². The highest BCUT2D eigenvalue weighted by atomic mass is 19.4. The van der Waals surface area contributed by atoms with Gasteiger partial charge >= 0.3 is 6.18 Å². The molecule has 0 saturated carbocycles. The summed E-state index contributed by atoms with van der Waals surface area (Å²) < 4.78 is 66.5. The second-order valence-electron chi connectivity index (χ2n) is 6.96. The summed E-state index contributed by atoms with van der Waals surface area (Å²) >= 11 is 0. The number of hydrogen-bond donors (Lipinski definition) is 2. The number of alkyl halides is 3. The number of halogens is 5. The number of benzene rings is 2. The van der Waals surface area contributed by atoms with Crippen molar-refractivity contribution in [2.24, 2.45) is 0 Å². The molecule has 4 rings (SSSR count). The first kappa shape index (κ1) is 20.9. The lowest BCUT2D eigenvalue weighted by Crippen LogP contribution is -2.20. The number of aromatic nitrogens is 2. The zero-order valence-electron chi connectivity index (χ0n) is 15.7. The summed E-state index contributed by atoms with van der Waals surface area (Å²) in [6, 6.07) is 8.26. The molecule has 2 aromatic carbocycles. The van der Waals surface area contributed by atoms with E-state index in [9.17, 15) is 31.9 Å². The molecule has 0 saturated heterocycles. The average Bonchev–Trinajstić information content (AvgIpc) is 3.08. The van der Waals surface area contributed by atoms with Gasteiger partial charge in [0, 0.05) is 6.42 Å². The van der Waals surface area contributed by atoms with E-state index in [2.05, 4.69) is 15.3 Å². The fraction of sp³-hybridized carbons (Fsp3) is 0.190. The summed E-state index contributed by atoms with van der Waals surface area (Å²) in [7, 11) is 0. The fourth-order valence-electron chi connectivity index (χ4n) is 3.35. The number of aliphatic hydroxyl groups is 1. The Bertz CT molecular complexity index is 1140. The van der Waals surface area contributed by atoms with Crippen LogP contribution in [0.3, 0.4) is 0 Å². The Morgan fingerprint density at radius 2 is 1.65 bits per heavy atom. The van der Waals surface area contributed by atoms with E-state index in [0.29, 0.717) is 5.56 Å². The summed E-state index contributed by atoms with van der Waals surface area (Å²) in [6.07, 6.45) is -7.42. The highest BCUT2D eigenvalue weighted by Crippen LogP contribution is 2.33. The zero-order valence-corrected chi connectivity index (χ0v) is 15.7. The quantitative estimate of drug-likeness (QED) is 0.611. The second-order valence-corrected chi connectivity index (χ2v) is 6.96. The first-order chi connectivity index (χ1) is 14.6. The standard InChI is InChI=1S/C21H14F5N3O2/c22-12-2-1-3-13(23)16(12)19-28-14(17-15(29-19)9-27-20(17)31)8-10-4-6-11(7-5-10)18(30)21(24,25)26/h1-7,18,30H,8-9H2,(H,27,31). The molecule has 0 spiro atoms. The maximum Gasteiger partial charge on any atom is 0.418 e. The number of nitrogens with zero attached hydrogens (tertiary/aromatic N) is 2. The van der Waals surface area contributed by atoms with E-state index in [-0.39, 0.29) is 41.3 Å². The average molecular weight is 435 g/mol. The van der Waals surface area contributed by atoms with Crippen LogP contribution in [-0.2, 0) is 13.0 Å². The van der Waals surface area contributed by atoms with Gasteiger partial charge in [0.2, 0.25) is 0 Å². The molecule has 0 fully saturated rings. The lowest BCUT2D eigenvalue weighted by Gasteiger charge is -2.15. The van der Waals surface area contributed by atoms with Gasteiger partial charge < -0.3 is 10.4 Å². The number of rotatable bonds is 4. The molecule has 1 aromatic heterocycles. The van der Waals surface area contributed by atoms with Crippen LogP contribution >= 0.6 is 0 Å². The summed E-state index contributed by atoms with van der Waals surface area (Å²) in [5, 5.41) is 11.9. The Labute approximate surface area is 172 Å². The van der Waals surface area contributed by atoms with Crippen LogP contribution in [0.25, 0.3) is 11.4 Å². The van der Waals surface area contributed by atoms with Crippen LogP contribution < -0.4 is 5.32 Å². The molecular weight excluding hydrogens is 421 g/mol. The molecule has 1 atom stereocenters.